The normalized spacial score (nSPS) is 10.7. The van der Waals surface area contributed by atoms with Crippen molar-refractivity contribution in [3.63, 3.8) is 0 Å². The van der Waals surface area contributed by atoms with E-state index in [1.165, 1.54) is 0 Å². The number of aromatic nitrogens is 2. The highest BCUT2D eigenvalue weighted by atomic mass is 16.3. The number of oxazole rings is 1. The van der Waals surface area contributed by atoms with Crippen LogP contribution in [-0.2, 0) is 6.42 Å². The summed E-state index contributed by atoms with van der Waals surface area (Å²) in [6.45, 7) is 2.39. The molecule has 3 aromatic rings. The average Bonchev–Trinajstić information content (AvgIpc) is 2.87. The van der Waals surface area contributed by atoms with Crippen molar-refractivity contribution in [2.45, 2.75) is 13.3 Å². The molecule has 0 aliphatic rings. The summed E-state index contributed by atoms with van der Waals surface area (Å²) in [5, 5.41) is 2.88. The molecule has 1 amide bonds. The van der Waals surface area contributed by atoms with Crippen LogP contribution in [0.1, 0.15) is 21.8 Å². The number of aryl methyl sites for hydroxylation is 1. The predicted octanol–water partition coefficient (Wildman–Crippen LogP) is 2.50. The van der Waals surface area contributed by atoms with Crippen LogP contribution in [0.3, 0.4) is 0 Å². The van der Waals surface area contributed by atoms with Crippen molar-refractivity contribution in [1.82, 2.24) is 15.3 Å². The fourth-order valence-electron chi connectivity index (χ4n) is 2.16. The summed E-state index contributed by atoms with van der Waals surface area (Å²) in [5.41, 5.74) is 3.32. The number of hydrogen-bond acceptors (Lipinski definition) is 4. The van der Waals surface area contributed by atoms with Gasteiger partial charge in [0.05, 0.1) is 5.56 Å². The molecule has 5 nitrogen and oxygen atoms in total. The lowest BCUT2D eigenvalue weighted by atomic mass is 10.1. The summed E-state index contributed by atoms with van der Waals surface area (Å²) >= 11 is 0. The highest BCUT2D eigenvalue weighted by Gasteiger charge is 2.06. The Kier molecular flexibility index (Phi) is 3.64. The first-order valence-corrected chi connectivity index (χ1v) is 6.77. The smallest absolute Gasteiger partial charge is 0.252 e. The maximum Gasteiger partial charge on any atom is 0.252 e. The van der Waals surface area contributed by atoms with Gasteiger partial charge in [0.15, 0.2) is 11.5 Å². The second-order valence-corrected chi connectivity index (χ2v) is 4.78. The summed E-state index contributed by atoms with van der Waals surface area (Å²) in [4.78, 5) is 20.1. The van der Waals surface area contributed by atoms with Crippen LogP contribution < -0.4 is 5.32 Å². The number of pyridine rings is 1. The lowest BCUT2D eigenvalue weighted by Crippen LogP contribution is -2.25. The van der Waals surface area contributed by atoms with Crippen molar-refractivity contribution < 1.29 is 9.21 Å². The Morgan fingerprint density at radius 1 is 1.33 bits per heavy atom. The van der Waals surface area contributed by atoms with Gasteiger partial charge in [-0.15, -0.1) is 0 Å². The average molecular weight is 281 g/mol. The molecular formula is C16H15N3O2. The first kappa shape index (κ1) is 13.3. The largest absolute Gasteiger partial charge is 0.441 e. The topological polar surface area (TPSA) is 68.0 Å². The summed E-state index contributed by atoms with van der Waals surface area (Å²) < 4.78 is 5.44. The Morgan fingerprint density at radius 3 is 3.05 bits per heavy atom. The number of hydrogen-bond donors (Lipinski definition) is 1. The molecule has 0 saturated heterocycles. The van der Waals surface area contributed by atoms with E-state index in [1.54, 1.807) is 24.5 Å². The van der Waals surface area contributed by atoms with Crippen molar-refractivity contribution in [1.29, 1.82) is 0 Å². The lowest BCUT2D eigenvalue weighted by molar-refractivity contribution is 0.0954. The third-order valence-corrected chi connectivity index (χ3v) is 3.18. The van der Waals surface area contributed by atoms with Gasteiger partial charge >= 0.3 is 0 Å². The number of amides is 1. The zero-order chi connectivity index (χ0) is 14.7. The highest BCUT2D eigenvalue weighted by Crippen LogP contribution is 2.16. The van der Waals surface area contributed by atoms with Crippen LogP contribution >= 0.6 is 0 Å². The number of fused-ring (bicyclic) bond motifs is 1. The van der Waals surface area contributed by atoms with E-state index in [9.17, 15) is 4.79 Å². The minimum absolute atomic E-state index is 0.110. The molecule has 0 spiro atoms. The van der Waals surface area contributed by atoms with Crippen LogP contribution in [0.5, 0.6) is 0 Å². The quantitative estimate of drug-likeness (QED) is 0.797. The van der Waals surface area contributed by atoms with Crippen molar-refractivity contribution in [2.24, 2.45) is 0 Å². The Morgan fingerprint density at radius 2 is 2.24 bits per heavy atom. The standard InChI is InChI=1S/C16H15N3O2/c1-11-19-14-9-12(4-5-15(14)21-11)6-8-18-16(20)13-3-2-7-17-10-13/h2-5,7,9-10H,6,8H2,1H3,(H,18,20). The highest BCUT2D eigenvalue weighted by molar-refractivity contribution is 5.93. The number of carbonyl (C=O) groups excluding carboxylic acids is 1. The molecule has 21 heavy (non-hydrogen) atoms. The van der Waals surface area contributed by atoms with E-state index in [0.717, 1.165) is 23.1 Å². The number of benzene rings is 1. The maximum absolute atomic E-state index is 11.9. The molecule has 5 heteroatoms. The molecule has 106 valence electrons. The monoisotopic (exact) mass is 281 g/mol. The zero-order valence-corrected chi connectivity index (χ0v) is 11.7. The number of carbonyl (C=O) groups is 1. The molecule has 2 aromatic heterocycles. The third-order valence-electron chi connectivity index (χ3n) is 3.18. The van der Waals surface area contributed by atoms with Gasteiger partial charge in [-0.1, -0.05) is 6.07 Å². The third kappa shape index (κ3) is 3.08. The van der Waals surface area contributed by atoms with Gasteiger partial charge in [0, 0.05) is 25.9 Å². The molecule has 0 saturated carbocycles. The predicted molar refractivity (Wildman–Crippen MR) is 79.0 cm³/mol. The Hall–Kier alpha value is -2.69. The van der Waals surface area contributed by atoms with E-state index >= 15 is 0 Å². The molecule has 1 N–H and O–H groups in total. The van der Waals surface area contributed by atoms with E-state index in [0.29, 0.717) is 18.0 Å². The van der Waals surface area contributed by atoms with Gasteiger partial charge in [-0.25, -0.2) is 4.98 Å². The molecule has 0 radical (unpaired) electrons. The second-order valence-electron chi connectivity index (χ2n) is 4.78. The van der Waals surface area contributed by atoms with Crippen LogP contribution in [0.2, 0.25) is 0 Å². The first-order valence-electron chi connectivity index (χ1n) is 6.77. The molecule has 3 rings (SSSR count). The minimum Gasteiger partial charge on any atom is -0.441 e. The van der Waals surface area contributed by atoms with Gasteiger partial charge in [0.2, 0.25) is 0 Å². The van der Waals surface area contributed by atoms with Gasteiger partial charge in [0.25, 0.3) is 5.91 Å². The van der Waals surface area contributed by atoms with Crippen LogP contribution in [0, 0.1) is 6.92 Å². The fourth-order valence-corrected chi connectivity index (χ4v) is 2.16. The van der Waals surface area contributed by atoms with E-state index < -0.39 is 0 Å². The van der Waals surface area contributed by atoms with Crippen LogP contribution in [-0.4, -0.2) is 22.4 Å². The molecule has 0 aliphatic carbocycles. The molecule has 1 aromatic carbocycles. The zero-order valence-electron chi connectivity index (χ0n) is 11.7. The Labute approximate surface area is 122 Å². The number of nitrogens with one attached hydrogen (secondary N) is 1. The molecule has 0 fully saturated rings. The molecule has 0 atom stereocenters. The van der Waals surface area contributed by atoms with Crippen LogP contribution in [0.15, 0.2) is 47.1 Å². The molecule has 0 unspecified atom stereocenters. The van der Waals surface area contributed by atoms with E-state index in [-0.39, 0.29) is 5.91 Å². The minimum atomic E-state index is -0.110. The molecule has 0 aliphatic heterocycles. The van der Waals surface area contributed by atoms with E-state index in [2.05, 4.69) is 15.3 Å². The van der Waals surface area contributed by atoms with E-state index in [1.807, 2.05) is 25.1 Å². The van der Waals surface area contributed by atoms with Crippen LogP contribution in [0.25, 0.3) is 11.1 Å². The van der Waals surface area contributed by atoms with Gasteiger partial charge < -0.3 is 9.73 Å². The van der Waals surface area contributed by atoms with Crippen molar-refractivity contribution in [3.8, 4) is 0 Å². The molecule has 0 bridgehead atoms. The molecular weight excluding hydrogens is 266 g/mol. The summed E-state index contributed by atoms with van der Waals surface area (Å²) in [5.74, 6) is 0.550. The lowest BCUT2D eigenvalue weighted by Gasteiger charge is -2.05. The number of nitrogens with zero attached hydrogens (tertiary/aromatic N) is 2. The van der Waals surface area contributed by atoms with Gasteiger partial charge in [-0.2, -0.15) is 0 Å². The van der Waals surface area contributed by atoms with Gasteiger partial charge in [0.1, 0.15) is 5.52 Å². The summed E-state index contributed by atoms with van der Waals surface area (Å²) in [6, 6.07) is 9.38. The van der Waals surface area contributed by atoms with Gasteiger partial charge in [-0.3, -0.25) is 9.78 Å². The Balaban J connectivity index is 1.60. The Bertz CT molecular complexity index is 766. The first-order chi connectivity index (χ1) is 10.2. The van der Waals surface area contributed by atoms with Crippen molar-refractivity contribution >= 4 is 17.0 Å². The molecule has 2 heterocycles. The second kappa shape index (κ2) is 5.75. The summed E-state index contributed by atoms with van der Waals surface area (Å²) in [7, 11) is 0. The van der Waals surface area contributed by atoms with Crippen molar-refractivity contribution in [2.75, 3.05) is 6.54 Å². The summed E-state index contributed by atoms with van der Waals surface area (Å²) in [6.07, 6.45) is 3.94. The fraction of sp³-hybridized carbons (Fsp3) is 0.188. The SMILES string of the molecule is Cc1nc2cc(CCNC(=O)c3cccnc3)ccc2o1. The maximum atomic E-state index is 11.9. The van der Waals surface area contributed by atoms with Crippen molar-refractivity contribution in [3.05, 3.63) is 59.7 Å². The number of rotatable bonds is 4. The van der Waals surface area contributed by atoms with Gasteiger partial charge in [-0.05, 0) is 36.2 Å². The van der Waals surface area contributed by atoms with Crippen LogP contribution in [0.4, 0.5) is 0 Å². The van der Waals surface area contributed by atoms with E-state index in [4.69, 9.17) is 4.42 Å².